The summed E-state index contributed by atoms with van der Waals surface area (Å²) in [6, 6.07) is 0. The minimum atomic E-state index is -0.316. The van der Waals surface area contributed by atoms with E-state index in [4.69, 9.17) is 9.47 Å². The highest BCUT2D eigenvalue weighted by atomic mass is 16.9. The zero-order valence-corrected chi connectivity index (χ0v) is 12.0. The maximum Gasteiger partial charge on any atom is 0.169 e. The molecule has 2 heteroatoms. The summed E-state index contributed by atoms with van der Waals surface area (Å²) >= 11 is 0. The van der Waals surface area contributed by atoms with Crippen molar-refractivity contribution in [2.24, 2.45) is 0 Å². The van der Waals surface area contributed by atoms with Crippen LogP contribution in [0.1, 0.15) is 85.0 Å². The molecule has 1 fully saturated rings. The van der Waals surface area contributed by atoms with Gasteiger partial charge in [0.25, 0.3) is 0 Å². The van der Waals surface area contributed by atoms with E-state index in [1.807, 2.05) is 13.8 Å². The lowest BCUT2D eigenvalue weighted by molar-refractivity contribution is -0.437. The fourth-order valence-corrected chi connectivity index (χ4v) is 2.38. The van der Waals surface area contributed by atoms with Gasteiger partial charge in [0.15, 0.2) is 12.1 Å². The van der Waals surface area contributed by atoms with Gasteiger partial charge in [0.1, 0.15) is 0 Å². The van der Waals surface area contributed by atoms with E-state index < -0.39 is 0 Å². The second-order valence-electron chi connectivity index (χ2n) is 5.68. The van der Waals surface area contributed by atoms with Crippen LogP contribution < -0.4 is 0 Å². The van der Waals surface area contributed by atoms with Crippen LogP contribution in [-0.4, -0.2) is 12.1 Å². The molecule has 0 bridgehead atoms. The Morgan fingerprint density at radius 3 is 1.71 bits per heavy atom. The molecule has 0 aromatic rings. The first-order valence-electron chi connectivity index (χ1n) is 7.50. The molecule has 17 heavy (non-hydrogen) atoms. The topological polar surface area (TPSA) is 18.5 Å². The maximum atomic E-state index is 5.58. The van der Waals surface area contributed by atoms with Crippen LogP contribution in [-0.2, 0) is 9.47 Å². The van der Waals surface area contributed by atoms with Crippen LogP contribution in [0.15, 0.2) is 0 Å². The Balaban J connectivity index is 1.74. The van der Waals surface area contributed by atoms with Crippen molar-refractivity contribution in [1.29, 1.82) is 0 Å². The first kappa shape index (κ1) is 15.0. The van der Waals surface area contributed by atoms with Gasteiger partial charge in [-0.1, -0.05) is 58.3 Å². The van der Waals surface area contributed by atoms with Gasteiger partial charge in [-0.15, -0.1) is 0 Å². The van der Waals surface area contributed by atoms with E-state index in [9.17, 15) is 0 Å². The van der Waals surface area contributed by atoms with Crippen LogP contribution in [0.3, 0.4) is 0 Å². The molecule has 0 radical (unpaired) electrons. The summed E-state index contributed by atoms with van der Waals surface area (Å²) in [5, 5.41) is 0. The normalized spacial score (nSPS) is 19.2. The Hall–Kier alpha value is -0.0800. The highest BCUT2D eigenvalue weighted by Crippen LogP contribution is 2.30. The molecule has 1 rings (SSSR count). The van der Waals surface area contributed by atoms with E-state index in [1.165, 1.54) is 57.8 Å². The zero-order chi connectivity index (χ0) is 12.6. The molecular weight excluding hydrogens is 212 g/mol. The molecule has 102 valence electrons. The SMILES string of the molecule is CCCCCCCCCCCC1OC(C)(C)O1. The minimum absolute atomic E-state index is 0.0783. The standard InChI is InChI=1S/C15H30O2/c1-4-5-6-7-8-9-10-11-12-13-14-16-15(2,3)17-14/h14H,4-13H2,1-3H3. The van der Waals surface area contributed by atoms with Crippen LogP contribution in [0.25, 0.3) is 0 Å². The molecule has 0 aromatic heterocycles. The molecule has 0 unspecified atom stereocenters. The van der Waals surface area contributed by atoms with Gasteiger partial charge in [-0.25, -0.2) is 0 Å². The summed E-state index contributed by atoms with van der Waals surface area (Å²) < 4.78 is 11.2. The zero-order valence-electron chi connectivity index (χ0n) is 12.0. The van der Waals surface area contributed by atoms with Gasteiger partial charge in [-0.05, 0) is 26.7 Å². The fraction of sp³-hybridized carbons (Fsp3) is 1.00. The number of unbranched alkanes of at least 4 members (excludes halogenated alkanes) is 8. The van der Waals surface area contributed by atoms with Gasteiger partial charge in [-0.3, -0.25) is 0 Å². The van der Waals surface area contributed by atoms with Crippen molar-refractivity contribution >= 4 is 0 Å². The summed E-state index contributed by atoms with van der Waals surface area (Å²) in [5.41, 5.74) is 0. The molecule has 0 saturated carbocycles. The molecular formula is C15H30O2. The van der Waals surface area contributed by atoms with Gasteiger partial charge < -0.3 is 9.47 Å². The Bertz CT molecular complexity index is 181. The van der Waals surface area contributed by atoms with Gasteiger partial charge in [0.05, 0.1) is 0 Å². The van der Waals surface area contributed by atoms with Gasteiger partial charge in [0.2, 0.25) is 0 Å². The molecule has 0 atom stereocenters. The first-order chi connectivity index (χ1) is 8.14. The predicted molar refractivity (Wildman–Crippen MR) is 71.9 cm³/mol. The van der Waals surface area contributed by atoms with Crippen molar-refractivity contribution in [1.82, 2.24) is 0 Å². The fourth-order valence-electron chi connectivity index (χ4n) is 2.38. The predicted octanol–water partition coefficient (Wildman–Crippen LogP) is 5.02. The van der Waals surface area contributed by atoms with Gasteiger partial charge in [0, 0.05) is 0 Å². The van der Waals surface area contributed by atoms with E-state index in [-0.39, 0.29) is 12.1 Å². The third-order valence-corrected chi connectivity index (χ3v) is 3.37. The molecule has 1 heterocycles. The van der Waals surface area contributed by atoms with E-state index >= 15 is 0 Å². The molecule has 0 amide bonds. The molecule has 0 spiro atoms. The van der Waals surface area contributed by atoms with E-state index in [0.29, 0.717) is 0 Å². The Morgan fingerprint density at radius 1 is 0.765 bits per heavy atom. The van der Waals surface area contributed by atoms with Crippen molar-refractivity contribution in [3.63, 3.8) is 0 Å². The Labute approximate surface area is 107 Å². The van der Waals surface area contributed by atoms with Crippen molar-refractivity contribution in [2.75, 3.05) is 0 Å². The van der Waals surface area contributed by atoms with E-state index in [1.54, 1.807) is 0 Å². The second-order valence-corrected chi connectivity index (χ2v) is 5.68. The van der Waals surface area contributed by atoms with Crippen molar-refractivity contribution < 1.29 is 9.47 Å². The lowest BCUT2D eigenvalue weighted by atomic mass is 10.1. The maximum absolute atomic E-state index is 5.58. The summed E-state index contributed by atoms with van der Waals surface area (Å²) in [4.78, 5) is 0. The molecule has 1 aliphatic rings. The van der Waals surface area contributed by atoms with Gasteiger partial charge >= 0.3 is 0 Å². The van der Waals surface area contributed by atoms with Crippen LogP contribution >= 0.6 is 0 Å². The average molecular weight is 242 g/mol. The molecule has 1 saturated heterocycles. The number of rotatable bonds is 10. The van der Waals surface area contributed by atoms with Crippen molar-refractivity contribution in [2.45, 2.75) is 97.1 Å². The smallest absolute Gasteiger partial charge is 0.169 e. The molecule has 0 aromatic carbocycles. The summed E-state index contributed by atoms with van der Waals surface area (Å²) in [7, 11) is 0. The largest absolute Gasteiger partial charge is 0.322 e. The number of hydrogen-bond acceptors (Lipinski definition) is 2. The van der Waals surface area contributed by atoms with Crippen LogP contribution in [0.4, 0.5) is 0 Å². The summed E-state index contributed by atoms with van der Waals surface area (Å²) in [5.74, 6) is -0.316. The van der Waals surface area contributed by atoms with Crippen LogP contribution in [0.5, 0.6) is 0 Å². The summed E-state index contributed by atoms with van der Waals surface area (Å²) in [6.07, 6.45) is 13.5. The number of hydrogen-bond donors (Lipinski definition) is 0. The molecule has 1 aliphatic heterocycles. The van der Waals surface area contributed by atoms with Crippen LogP contribution in [0.2, 0.25) is 0 Å². The van der Waals surface area contributed by atoms with E-state index in [2.05, 4.69) is 6.92 Å². The molecule has 0 N–H and O–H groups in total. The average Bonchev–Trinajstić information content (AvgIpc) is 2.24. The third-order valence-electron chi connectivity index (χ3n) is 3.37. The highest BCUT2D eigenvalue weighted by molar-refractivity contribution is 4.67. The lowest BCUT2D eigenvalue weighted by Crippen LogP contribution is -2.48. The Morgan fingerprint density at radius 2 is 1.24 bits per heavy atom. The summed E-state index contributed by atoms with van der Waals surface area (Å²) in [6.45, 7) is 6.21. The number of ether oxygens (including phenoxy) is 2. The quantitative estimate of drug-likeness (QED) is 0.501. The highest BCUT2D eigenvalue weighted by Gasteiger charge is 2.37. The molecule has 2 nitrogen and oxygen atoms in total. The van der Waals surface area contributed by atoms with Crippen LogP contribution in [0, 0.1) is 0 Å². The second kappa shape index (κ2) is 8.10. The van der Waals surface area contributed by atoms with Crippen molar-refractivity contribution in [3.05, 3.63) is 0 Å². The van der Waals surface area contributed by atoms with Crippen molar-refractivity contribution in [3.8, 4) is 0 Å². The monoisotopic (exact) mass is 242 g/mol. The minimum Gasteiger partial charge on any atom is -0.322 e. The van der Waals surface area contributed by atoms with Gasteiger partial charge in [-0.2, -0.15) is 0 Å². The molecule has 0 aliphatic carbocycles. The lowest BCUT2D eigenvalue weighted by Gasteiger charge is -2.42. The van der Waals surface area contributed by atoms with E-state index in [0.717, 1.165) is 6.42 Å². The third kappa shape index (κ3) is 7.05. The first-order valence-corrected chi connectivity index (χ1v) is 7.50. The Kier molecular flexibility index (Phi) is 7.14.